The molecule has 0 bridgehead atoms. The largest absolute Gasteiger partial charge is 0.465 e. The highest BCUT2D eigenvalue weighted by atomic mass is 127. The normalized spacial score (nSPS) is 11.1. The van der Waals surface area contributed by atoms with Crippen molar-refractivity contribution in [3.05, 3.63) is 59.8 Å². The number of aryl methyl sites for hydroxylation is 2. The lowest BCUT2D eigenvalue weighted by atomic mass is 10.1. The molecule has 1 heterocycles. The summed E-state index contributed by atoms with van der Waals surface area (Å²) in [6.07, 6.45) is 0.532. The first-order valence-electron chi connectivity index (χ1n) is 7.50. The van der Waals surface area contributed by atoms with E-state index in [0.717, 1.165) is 36.0 Å². The van der Waals surface area contributed by atoms with Gasteiger partial charge in [0.05, 0.1) is 23.7 Å². The first kappa shape index (κ1) is 18.7. The summed E-state index contributed by atoms with van der Waals surface area (Å²) in [6, 6.07) is 7.52. The summed E-state index contributed by atoms with van der Waals surface area (Å²) in [4.78, 5) is 16.7. The maximum absolute atomic E-state index is 11.9. The Bertz CT molecular complexity index is 1000. The predicted molar refractivity (Wildman–Crippen MR) is 111 cm³/mol. The van der Waals surface area contributed by atoms with Crippen molar-refractivity contribution in [3.63, 3.8) is 0 Å². The average Bonchev–Trinajstić information content (AvgIpc) is 2.88. The number of hydrogen-bond donors (Lipinski definition) is 0. The van der Waals surface area contributed by atoms with Crippen LogP contribution in [-0.4, -0.2) is 22.6 Å². The Labute approximate surface area is 172 Å². The minimum atomic E-state index is -0.368. The molecule has 1 aromatic heterocycles. The minimum Gasteiger partial charge on any atom is -0.465 e. The Morgan fingerprint density at radius 1 is 1.40 bits per heavy atom. The van der Waals surface area contributed by atoms with Gasteiger partial charge in [-0.05, 0) is 64.9 Å². The zero-order valence-electron chi connectivity index (χ0n) is 13.9. The Morgan fingerprint density at radius 2 is 2.12 bits per heavy atom. The third-order valence-corrected chi connectivity index (χ3v) is 6.20. The fraction of sp³-hybridized carbons (Fsp3) is 0.222. The molecule has 0 N–H and O–H groups in total. The molecule has 2 aromatic carbocycles. The third-order valence-electron chi connectivity index (χ3n) is 4.16. The maximum Gasteiger partial charge on any atom is 0.338 e. The van der Waals surface area contributed by atoms with Crippen molar-refractivity contribution in [1.29, 1.82) is 0 Å². The lowest BCUT2D eigenvalue weighted by Gasteiger charge is -2.11. The summed E-state index contributed by atoms with van der Waals surface area (Å²) in [5, 5.41) is 0.613. The molecule has 0 aliphatic carbocycles. The standard InChI is InChI=1S/C18H15BrClIN2O2/c1-9-6-10(19)7-14-17(9)22-15(23(14)2)8-12-13(20)5-4-11(16(12)21)18(24)25-3/h4-7H,8H2,1-3H3. The van der Waals surface area contributed by atoms with Crippen molar-refractivity contribution in [3.8, 4) is 0 Å². The molecule has 0 fully saturated rings. The van der Waals surface area contributed by atoms with E-state index < -0.39 is 0 Å². The van der Waals surface area contributed by atoms with E-state index in [9.17, 15) is 4.79 Å². The molecular weight excluding hydrogens is 518 g/mol. The van der Waals surface area contributed by atoms with Crippen LogP contribution in [0, 0.1) is 10.5 Å². The SMILES string of the molecule is COC(=O)c1ccc(Cl)c(Cc2nc3c(C)cc(Br)cc3n2C)c1I. The summed E-state index contributed by atoms with van der Waals surface area (Å²) in [6.45, 7) is 2.04. The summed E-state index contributed by atoms with van der Waals surface area (Å²) in [5.41, 5.74) is 4.52. The van der Waals surface area contributed by atoms with E-state index in [2.05, 4.69) is 49.2 Å². The topological polar surface area (TPSA) is 44.1 Å². The van der Waals surface area contributed by atoms with Crippen molar-refractivity contribution in [2.75, 3.05) is 7.11 Å². The van der Waals surface area contributed by atoms with E-state index in [1.54, 1.807) is 12.1 Å². The number of carbonyl (C=O) groups is 1. The molecule has 0 spiro atoms. The zero-order valence-corrected chi connectivity index (χ0v) is 18.4. The highest BCUT2D eigenvalue weighted by Gasteiger charge is 2.19. The molecule has 130 valence electrons. The molecule has 4 nitrogen and oxygen atoms in total. The number of imidazole rings is 1. The molecule has 0 amide bonds. The van der Waals surface area contributed by atoms with E-state index in [-0.39, 0.29) is 5.97 Å². The second-order valence-corrected chi connectivity index (χ2v) is 8.13. The molecular formula is C18H15BrClIN2O2. The fourth-order valence-electron chi connectivity index (χ4n) is 2.81. The number of carbonyl (C=O) groups excluding carboxylic acids is 1. The molecule has 0 saturated carbocycles. The lowest BCUT2D eigenvalue weighted by Crippen LogP contribution is -2.08. The van der Waals surface area contributed by atoms with E-state index in [4.69, 9.17) is 21.3 Å². The van der Waals surface area contributed by atoms with Gasteiger partial charge in [-0.15, -0.1) is 0 Å². The molecule has 0 saturated heterocycles. The predicted octanol–water partition coefficient (Wildman–Crippen LogP) is 5.28. The molecule has 0 radical (unpaired) electrons. The number of halogens is 3. The molecule has 3 rings (SSSR count). The van der Waals surface area contributed by atoms with Gasteiger partial charge in [-0.2, -0.15) is 0 Å². The van der Waals surface area contributed by atoms with Crippen molar-refractivity contribution in [2.45, 2.75) is 13.3 Å². The second kappa shape index (κ2) is 7.25. The first-order chi connectivity index (χ1) is 11.8. The van der Waals surface area contributed by atoms with Crippen LogP contribution in [-0.2, 0) is 18.2 Å². The lowest BCUT2D eigenvalue weighted by molar-refractivity contribution is 0.0599. The van der Waals surface area contributed by atoms with Crippen LogP contribution in [0.1, 0.15) is 27.3 Å². The highest BCUT2D eigenvalue weighted by molar-refractivity contribution is 14.1. The number of aromatic nitrogens is 2. The summed E-state index contributed by atoms with van der Waals surface area (Å²) in [7, 11) is 3.36. The van der Waals surface area contributed by atoms with Gasteiger partial charge in [-0.1, -0.05) is 27.5 Å². The van der Waals surface area contributed by atoms with Crippen LogP contribution in [0.5, 0.6) is 0 Å². The number of fused-ring (bicyclic) bond motifs is 1. The fourth-order valence-corrected chi connectivity index (χ4v) is 4.63. The van der Waals surface area contributed by atoms with Gasteiger partial charge < -0.3 is 9.30 Å². The van der Waals surface area contributed by atoms with Crippen LogP contribution in [0.2, 0.25) is 5.02 Å². The number of ether oxygens (including phenoxy) is 1. The van der Waals surface area contributed by atoms with Gasteiger partial charge in [-0.25, -0.2) is 9.78 Å². The minimum absolute atomic E-state index is 0.368. The third kappa shape index (κ3) is 3.44. The van der Waals surface area contributed by atoms with Gasteiger partial charge in [0.1, 0.15) is 5.82 Å². The van der Waals surface area contributed by atoms with Gasteiger partial charge in [-0.3, -0.25) is 0 Å². The zero-order chi connectivity index (χ0) is 18.3. The van der Waals surface area contributed by atoms with Gasteiger partial charge >= 0.3 is 5.97 Å². The van der Waals surface area contributed by atoms with Crippen molar-refractivity contribution in [2.24, 2.45) is 7.05 Å². The molecule has 25 heavy (non-hydrogen) atoms. The number of benzene rings is 2. The Morgan fingerprint density at radius 3 is 2.80 bits per heavy atom. The van der Waals surface area contributed by atoms with Gasteiger partial charge in [0.2, 0.25) is 0 Å². The molecule has 0 atom stereocenters. The van der Waals surface area contributed by atoms with Crippen LogP contribution >= 0.6 is 50.1 Å². The van der Waals surface area contributed by atoms with E-state index in [1.165, 1.54) is 7.11 Å². The van der Waals surface area contributed by atoms with Crippen LogP contribution in [0.15, 0.2) is 28.7 Å². The Hall–Kier alpha value is -1.12. The smallest absolute Gasteiger partial charge is 0.338 e. The number of esters is 1. The average molecular weight is 534 g/mol. The van der Waals surface area contributed by atoms with Gasteiger partial charge in [0, 0.05) is 26.5 Å². The number of rotatable bonds is 3. The van der Waals surface area contributed by atoms with Crippen LogP contribution < -0.4 is 0 Å². The van der Waals surface area contributed by atoms with Crippen molar-refractivity contribution in [1.82, 2.24) is 9.55 Å². The number of hydrogen-bond acceptors (Lipinski definition) is 3. The summed E-state index contributed by atoms with van der Waals surface area (Å²) in [5.74, 6) is 0.519. The molecule has 3 aromatic rings. The number of nitrogens with zero attached hydrogens (tertiary/aromatic N) is 2. The maximum atomic E-state index is 11.9. The van der Waals surface area contributed by atoms with E-state index >= 15 is 0 Å². The Balaban J connectivity index is 2.12. The molecule has 0 unspecified atom stereocenters. The molecule has 0 aliphatic rings. The summed E-state index contributed by atoms with van der Waals surface area (Å²) >= 11 is 12.1. The van der Waals surface area contributed by atoms with Gasteiger partial charge in [0.25, 0.3) is 0 Å². The van der Waals surface area contributed by atoms with E-state index in [0.29, 0.717) is 17.0 Å². The monoisotopic (exact) mass is 532 g/mol. The highest BCUT2D eigenvalue weighted by Crippen LogP contribution is 2.30. The molecule has 7 heteroatoms. The first-order valence-corrected chi connectivity index (χ1v) is 9.75. The number of methoxy groups -OCH3 is 1. The van der Waals surface area contributed by atoms with Crippen LogP contribution in [0.3, 0.4) is 0 Å². The van der Waals surface area contributed by atoms with Crippen molar-refractivity contribution < 1.29 is 9.53 Å². The van der Waals surface area contributed by atoms with E-state index in [1.807, 2.05) is 20.0 Å². The van der Waals surface area contributed by atoms with Crippen LogP contribution in [0.25, 0.3) is 11.0 Å². The molecule has 0 aliphatic heterocycles. The Kier molecular flexibility index (Phi) is 5.41. The van der Waals surface area contributed by atoms with Gasteiger partial charge in [0.15, 0.2) is 0 Å². The second-order valence-electron chi connectivity index (χ2n) is 5.73. The summed E-state index contributed by atoms with van der Waals surface area (Å²) < 4.78 is 8.72. The quantitative estimate of drug-likeness (QED) is 0.340. The van der Waals surface area contributed by atoms with Crippen LogP contribution in [0.4, 0.5) is 0 Å². The van der Waals surface area contributed by atoms with Crippen molar-refractivity contribution >= 4 is 67.1 Å².